The molecule has 0 atom stereocenters. The van der Waals surface area contributed by atoms with Gasteiger partial charge < -0.3 is 15.1 Å². The number of halogens is 1. The lowest BCUT2D eigenvalue weighted by molar-refractivity contribution is 0.489. The highest BCUT2D eigenvalue weighted by atomic mass is 19.1. The molecule has 0 amide bonds. The van der Waals surface area contributed by atoms with Crippen molar-refractivity contribution in [3.8, 4) is 0 Å². The largest absolute Gasteiger partial charge is 0.465 e. The van der Waals surface area contributed by atoms with E-state index in [0.717, 1.165) is 17.7 Å². The SMILES string of the molecule is CNc1ncc(F)c(NCc2ccc(C)o2)n1. The first-order chi connectivity index (χ1) is 8.19. The zero-order valence-electron chi connectivity index (χ0n) is 9.62. The molecule has 6 heteroatoms. The first kappa shape index (κ1) is 11.4. The van der Waals surface area contributed by atoms with E-state index >= 15 is 0 Å². The molecule has 2 N–H and O–H groups in total. The molecule has 0 unspecified atom stereocenters. The Kier molecular flexibility index (Phi) is 3.22. The van der Waals surface area contributed by atoms with Crippen LogP contribution in [-0.2, 0) is 6.54 Å². The van der Waals surface area contributed by atoms with E-state index in [2.05, 4.69) is 20.6 Å². The third-order valence-electron chi connectivity index (χ3n) is 2.19. The van der Waals surface area contributed by atoms with Crippen molar-refractivity contribution in [2.45, 2.75) is 13.5 Å². The molecule has 0 aromatic carbocycles. The van der Waals surface area contributed by atoms with Crippen LogP contribution in [0.25, 0.3) is 0 Å². The molecule has 2 heterocycles. The quantitative estimate of drug-likeness (QED) is 0.851. The molecule has 90 valence electrons. The van der Waals surface area contributed by atoms with E-state index in [0.29, 0.717) is 12.5 Å². The monoisotopic (exact) mass is 236 g/mol. The highest BCUT2D eigenvalue weighted by Gasteiger charge is 2.06. The minimum absolute atomic E-state index is 0.151. The third-order valence-corrected chi connectivity index (χ3v) is 2.19. The molecule has 17 heavy (non-hydrogen) atoms. The van der Waals surface area contributed by atoms with Crippen LogP contribution in [0.4, 0.5) is 16.2 Å². The van der Waals surface area contributed by atoms with Gasteiger partial charge in [0, 0.05) is 7.05 Å². The van der Waals surface area contributed by atoms with Gasteiger partial charge in [-0.15, -0.1) is 0 Å². The maximum absolute atomic E-state index is 13.4. The van der Waals surface area contributed by atoms with Crippen LogP contribution in [0.1, 0.15) is 11.5 Å². The summed E-state index contributed by atoms with van der Waals surface area (Å²) in [7, 11) is 1.67. The van der Waals surface area contributed by atoms with Crippen molar-refractivity contribution in [2.24, 2.45) is 0 Å². The van der Waals surface area contributed by atoms with Gasteiger partial charge in [-0.3, -0.25) is 0 Å². The molecule has 0 radical (unpaired) electrons. The van der Waals surface area contributed by atoms with Gasteiger partial charge in [0.15, 0.2) is 11.6 Å². The highest BCUT2D eigenvalue weighted by molar-refractivity contribution is 5.40. The lowest BCUT2D eigenvalue weighted by Crippen LogP contribution is -2.06. The second-order valence-electron chi connectivity index (χ2n) is 3.51. The zero-order valence-corrected chi connectivity index (χ0v) is 9.62. The molecule has 0 aliphatic rings. The van der Waals surface area contributed by atoms with Gasteiger partial charge in [-0.2, -0.15) is 4.98 Å². The third kappa shape index (κ3) is 2.72. The number of nitrogens with zero attached hydrogens (tertiary/aromatic N) is 2. The second-order valence-corrected chi connectivity index (χ2v) is 3.51. The molecule has 5 nitrogen and oxygen atoms in total. The smallest absolute Gasteiger partial charge is 0.224 e. The number of aromatic nitrogens is 2. The summed E-state index contributed by atoms with van der Waals surface area (Å²) in [6.45, 7) is 2.23. The van der Waals surface area contributed by atoms with Crippen molar-refractivity contribution < 1.29 is 8.81 Å². The van der Waals surface area contributed by atoms with Crippen LogP contribution in [0, 0.1) is 12.7 Å². The standard InChI is InChI=1S/C11H13FN4O/c1-7-3-4-8(17-7)5-14-10-9(12)6-15-11(13-2)16-10/h3-4,6H,5H2,1-2H3,(H2,13,14,15,16). The lowest BCUT2D eigenvalue weighted by Gasteiger charge is -2.06. The summed E-state index contributed by atoms with van der Waals surface area (Å²) in [5, 5.41) is 5.60. The van der Waals surface area contributed by atoms with Crippen LogP contribution in [0.5, 0.6) is 0 Å². The molecule has 0 saturated carbocycles. The molecule has 2 aromatic rings. The van der Waals surface area contributed by atoms with Crippen LogP contribution in [0.3, 0.4) is 0 Å². The molecule has 2 aromatic heterocycles. The van der Waals surface area contributed by atoms with Crippen molar-refractivity contribution in [3.63, 3.8) is 0 Å². The van der Waals surface area contributed by atoms with Gasteiger partial charge in [-0.1, -0.05) is 0 Å². The summed E-state index contributed by atoms with van der Waals surface area (Å²) in [4.78, 5) is 7.72. The summed E-state index contributed by atoms with van der Waals surface area (Å²) in [5.41, 5.74) is 0. The van der Waals surface area contributed by atoms with E-state index in [4.69, 9.17) is 4.42 Å². The first-order valence-electron chi connectivity index (χ1n) is 5.18. The lowest BCUT2D eigenvalue weighted by atomic mass is 10.4. The fourth-order valence-electron chi connectivity index (χ4n) is 1.36. The molecule has 0 aliphatic carbocycles. The molecule has 0 spiro atoms. The van der Waals surface area contributed by atoms with Crippen LogP contribution in [-0.4, -0.2) is 17.0 Å². The van der Waals surface area contributed by atoms with Crippen LogP contribution < -0.4 is 10.6 Å². The second kappa shape index (κ2) is 4.82. The topological polar surface area (TPSA) is 63.0 Å². The maximum atomic E-state index is 13.4. The average molecular weight is 236 g/mol. The normalized spacial score (nSPS) is 10.3. The molecule has 2 rings (SSSR count). The van der Waals surface area contributed by atoms with E-state index in [1.54, 1.807) is 7.05 Å². The minimum Gasteiger partial charge on any atom is -0.465 e. The maximum Gasteiger partial charge on any atom is 0.224 e. The van der Waals surface area contributed by atoms with E-state index < -0.39 is 5.82 Å². The molecule has 0 bridgehead atoms. The molecular weight excluding hydrogens is 223 g/mol. The van der Waals surface area contributed by atoms with Gasteiger partial charge in [-0.25, -0.2) is 9.37 Å². The van der Waals surface area contributed by atoms with Crippen molar-refractivity contribution in [1.82, 2.24) is 9.97 Å². The molecule has 0 saturated heterocycles. The number of nitrogens with one attached hydrogen (secondary N) is 2. The van der Waals surface area contributed by atoms with Gasteiger partial charge in [-0.05, 0) is 19.1 Å². The minimum atomic E-state index is -0.493. The molecular formula is C11H13FN4O. The average Bonchev–Trinajstić information content (AvgIpc) is 2.74. The van der Waals surface area contributed by atoms with Gasteiger partial charge in [0.05, 0.1) is 12.7 Å². The Labute approximate surface area is 98.1 Å². The number of hydrogen-bond acceptors (Lipinski definition) is 5. The fourth-order valence-corrected chi connectivity index (χ4v) is 1.36. The van der Waals surface area contributed by atoms with Crippen molar-refractivity contribution in [1.29, 1.82) is 0 Å². The van der Waals surface area contributed by atoms with E-state index in [-0.39, 0.29) is 5.82 Å². The number of aryl methyl sites for hydroxylation is 1. The Morgan fingerprint density at radius 3 is 2.88 bits per heavy atom. The molecule has 0 aliphatic heterocycles. The zero-order chi connectivity index (χ0) is 12.3. The van der Waals surface area contributed by atoms with Gasteiger partial charge in [0.2, 0.25) is 5.95 Å². The molecule has 0 fully saturated rings. The Morgan fingerprint density at radius 1 is 1.41 bits per heavy atom. The Morgan fingerprint density at radius 2 is 2.24 bits per heavy atom. The van der Waals surface area contributed by atoms with Crippen LogP contribution >= 0.6 is 0 Å². The van der Waals surface area contributed by atoms with Gasteiger partial charge >= 0.3 is 0 Å². The van der Waals surface area contributed by atoms with Crippen molar-refractivity contribution in [2.75, 3.05) is 17.7 Å². The fraction of sp³-hybridized carbons (Fsp3) is 0.273. The number of hydrogen-bond donors (Lipinski definition) is 2. The Balaban J connectivity index is 2.07. The van der Waals surface area contributed by atoms with Crippen LogP contribution in [0.15, 0.2) is 22.7 Å². The van der Waals surface area contributed by atoms with Gasteiger partial charge in [0.1, 0.15) is 11.5 Å². The van der Waals surface area contributed by atoms with Gasteiger partial charge in [0.25, 0.3) is 0 Å². The summed E-state index contributed by atoms with van der Waals surface area (Å²) < 4.78 is 18.7. The van der Waals surface area contributed by atoms with Crippen LogP contribution in [0.2, 0.25) is 0 Å². The van der Waals surface area contributed by atoms with E-state index in [1.165, 1.54) is 0 Å². The predicted molar refractivity (Wildman–Crippen MR) is 62.3 cm³/mol. The Bertz CT molecular complexity index is 512. The highest BCUT2D eigenvalue weighted by Crippen LogP contribution is 2.14. The first-order valence-corrected chi connectivity index (χ1v) is 5.18. The van der Waals surface area contributed by atoms with E-state index in [9.17, 15) is 4.39 Å². The summed E-state index contributed by atoms with van der Waals surface area (Å²) in [6, 6.07) is 3.69. The van der Waals surface area contributed by atoms with Crippen molar-refractivity contribution >= 4 is 11.8 Å². The number of rotatable bonds is 4. The van der Waals surface area contributed by atoms with E-state index in [1.807, 2.05) is 19.1 Å². The number of furan rings is 1. The Hall–Kier alpha value is -2.11. The summed E-state index contributed by atoms with van der Waals surface area (Å²) in [5.74, 6) is 1.57. The summed E-state index contributed by atoms with van der Waals surface area (Å²) >= 11 is 0. The summed E-state index contributed by atoms with van der Waals surface area (Å²) in [6.07, 6.45) is 1.12. The van der Waals surface area contributed by atoms with Crippen molar-refractivity contribution in [3.05, 3.63) is 35.7 Å². The number of anilines is 2. The predicted octanol–water partition coefficient (Wildman–Crippen LogP) is 2.17.